The van der Waals surface area contributed by atoms with Crippen molar-refractivity contribution >= 4 is 29.1 Å². The Balaban J connectivity index is 1.66. The Morgan fingerprint density at radius 2 is 1.90 bits per heavy atom. The van der Waals surface area contributed by atoms with Gasteiger partial charge in [0.15, 0.2) is 0 Å². The molecule has 2 N–H and O–H groups in total. The van der Waals surface area contributed by atoms with Crippen molar-refractivity contribution in [2.75, 3.05) is 5.32 Å². The molecule has 0 aromatic heterocycles. The van der Waals surface area contributed by atoms with Gasteiger partial charge in [-0.1, -0.05) is 23.7 Å². The van der Waals surface area contributed by atoms with E-state index in [4.69, 9.17) is 11.6 Å². The highest BCUT2D eigenvalue weighted by molar-refractivity contribution is 6.34. The maximum atomic E-state index is 14.1. The van der Waals surface area contributed by atoms with E-state index in [0.29, 0.717) is 12.1 Å². The van der Waals surface area contributed by atoms with Gasteiger partial charge in [-0.05, 0) is 56.4 Å². The number of nitrogens with zero attached hydrogens (tertiary/aromatic N) is 1. The summed E-state index contributed by atoms with van der Waals surface area (Å²) in [6, 6.07) is 6.28. The normalized spacial score (nSPS) is 17.1. The molecule has 0 radical (unpaired) electrons. The molecule has 1 heterocycles. The number of fused-ring (bicyclic) bond motifs is 1. The molecule has 1 aliphatic heterocycles. The standard InChI is InChI=1S/C22H21ClF2N2O3/c1-22(2,30)19(11-6-7-11)27-10-12-4-3-5-15(16(12)21(27)29)26-20(28)17-13(24)8-9-14(25)18(17)23/h3-5,8-9,11,19,30H,6-7,10H2,1-2H3,(H,26,28)/t19-/m1/s1. The Morgan fingerprint density at radius 3 is 2.53 bits per heavy atom. The Kier molecular flexibility index (Phi) is 5.06. The molecule has 8 heteroatoms. The van der Waals surface area contributed by atoms with Crippen LogP contribution < -0.4 is 5.32 Å². The molecule has 0 unspecified atom stereocenters. The molecule has 158 valence electrons. The Morgan fingerprint density at radius 1 is 1.23 bits per heavy atom. The molecule has 0 bridgehead atoms. The highest BCUT2D eigenvalue weighted by Gasteiger charge is 2.48. The monoisotopic (exact) mass is 434 g/mol. The lowest BCUT2D eigenvalue weighted by atomic mass is 9.93. The zero-order chi connectivity index (χ0) is 21.8. The molecule has 1 fully saturated rings. The van der Waals surface area contributed by atoms with Gasteiger partial charge >= 0.3 is 0 Å². The number of anilines is 1. The van der Waals surface area contributed by atoms with Crippen LogP contribution in [0.15, 0.2) is 30.3 Å². The molecule has 0 saturated heterocycles. The van der Waals surface area contributed by atoms with Crippen LogP contribution in [0.3, 0.4) is 0 Å². The third-order valence-electron chi connectivity index (χ3n) is 5.61. The molecule has 2 aliphatic rings. The number of hydrogen-bond acceptors (Lipinski definition) is 3. The van der Waals surface area contributed by atoms with Gasteiger partial charge in [-0.25, -0.2) is 8.78 Å². The second-order valence-corrected chi connectivity index (χ2v) is 8.76. The molecule has 4 rings (SSSR count). The van der Waals surface area contributed by atoms with E-state index in [1.165, 1.54) is 6.07 Å². The Hall–Kier alpha value is -2.51. The average Bonchev–Trinajstić information content (AvgIpc) is 3.42. The quantitative estimate of drug-likeness (QED) is 0.686. The number of amides is 2. The van der Waals surface area contributed by atoms with Crippen molar-refractivity contribution in [2.24, 2.45) is 5.92 Å². The van der Waals surface area contributed by atoms with Crippen molar-refractivity contribution in [3.63, 3.8) is 0 Å². The van der Waals surface area contributed by atoms with Gasteiger partial charge in [0, 0.05) is 6.54 Å². The summed E-state index contributed by atoms with van der Waals surface area (Å²) in [5, 5.41) is 12.5. The fraction of sp³-hybridized carbons (Fsp3) is 0.364. The molecule has 1 aliphatic carbocycles. The number of carbonyl (C=O) groups is 2. The van der Waals surface area contributed by atoms with Gasteiger partial charge in [0.1, 0.15) is 11.6 Å². The second-order valence-electron chi connectivity index (χ2n) is 8.38. The summed E-state index contributed by atoms with van der Waals surface area (Å²) >= 11 is 5.78. The first-order chi connectivity index (χ1) is 14.1. The largest absolute Gasteiger partial charge is 0.388 e. The number of nitrogens with one attached hydrogen (secondary N) is 1. The van der Waals surface area contributed by atoms with Crippen LogP contribution in [0.4, 0.5) is 14.5 Å². The van der Waals surface area contributed by atoms with Crippen LogP contribution in [0, 0.1) is 17.6 Å². The topological polar surface area (TPSA) is 69.6 Å². The van der Waals surface area contributed by atoms with E-state index in [-0.39, 0.29) is 29.1 Å². The van der Waals surface area contributed by atoms with E-state index < -0.39 is 33.7 Å². The molecule has 2 amide bonds. The van der Waals surface area contributed by atoms with Crippen molar-refractivity contribution in [3.8, 4) is 0 Å². The summed E-state index contributed by atoms with van der Waals surface area (Å²) in [7, 11) is 0. The minimum atomic E-state index is -1.08. The zero-order valence-corrected chi connectivity index (χ0v) is 17.3. The number of benzene rings is 2. The van der Waals surface area contributed by atoms with E-state index in [0.717, 1.165) is 25.0 Å². The summed E-state index contributed by atoms with van der Waals surface area (Å²) in [5.41, 5.74) is -0.535. The number of aliphatic hydroxyl groups is 1. The van der Waals surface area contributed by atoms with Gasteiger partial charge in [-0.2, -0.15) is 0 Å². The summed E-state index contributed by atoms with van der Waals surface area (Å²) < 4.78 is 27.8. The van der Waals surface area contributed by atoms with Crippen LogP contribution >= 0.6 is 11.6 Å². The van der Waals surface area contributed by atoms with Gasteiger partial charge in [0.2, 0.25) is 0 Å². The molecule has 2 aromatic carbocycles. The van der Waals surface area contributed by atoms with Crippen molar-refractivity contribution in [1.29, 1.82) is 0 Å². The van der Waals surface area contributed by atoms with E-state index in [9.17, 15) is 23.5 Å². The van der Waals surface area contributed by atoms with Gasteiger partial charge in [0.25, 0.3) is 11.8 Å². The van der Waals surface area contributed by atoms with Gasteiger partial charge < -0.3 is 15.3 Å². The Labute approximate surface area is 177 Å². The molecule has 1 saturated carbocycles. The van der Waals surface area contributed by atoms with E-state index in [1.54, 1.807) is 30.9 Å². The molecule has 1 atom stereocenters. The minimum Gasteiger partial charge on any atom is -0.388 e. The molecule has 2 aromatic rings. The molecular formula is C22H21ClF2N2O3. The first-order valence-corrected chi connectivity index (χ1v) is 10.1. The predicted octanol–water partition coefficient (Wildman–Crippen LogP) is 4.38. The molecule has 0 spiro atoms. The fourth-order valence-corrected chi connectivity index (χ4v) is 4.50. The summed E-state index contributed by atoms with van der Waals surface area (Å²) in [5.74, 6) is -2.92. The summed E-state index contributed by atoms with van der Waals surface area (Å²) in [6.45, 7) is 3.67. The lowest BCUT2D eigenvalue weighted by Gasteiger charge is -2.37. The van der Waals surface area contributed by atoms with Gasteiger partial charge in [-0.15, -0.1) is 0 Å². The molecule has 5 nitrogen and oxygen atoms in total. The number of hydrogen-bond donors (Lipinski definition) is 2. The SMILES string of the molecule is CC(C)(O)[C@@H](C1CC1)N1Cc2cccc(NC(=O)c3c(F)ccc(F)c3Cl)c2C1=O. The number of carbonyl (C=O) groups excluding carboxylic acids is 2. The van der Waals surface area contributed by atoms with Crippen molar-refractivity contribution in [2.45, 2.75) is 44.9 Å². The lowest BCUT2D eigenvalue weighted by Crippen LogP contribution is -2.51. The minimum absolute atomic E-state index is 0.190. The Bertz CT molecular complexity index is 1050. The van der Waals surface area contributed by atoms with Crippen molar-refractivity contribution in [1.82, 2.24) is 4.90 Å². The third kappa shape index (κ3) is 3.56. The van der Waals surface area contributed by atoms with Crippen molar-refractivity contribution in [3.05, 3.63) is 63.7 Å². The fourth-order valence-electron chi connectivity index (χ4n) is 4.26. The first kappa shape index (κ1) is 20.8. The highest BCUT2D eigenvalue weighted by Crippen LogP contribution is 2.43. The van der Waals surface area contributed by atoms with Crippen LogP contribution in [-0.2, 0) is 6.54 Å². The third-order valence-corrected chi connectivity index (χ3v) is 5.98. The maximum Gasteiger partial charge on any atom is 0.260 e. The lowest BCUT2D eigenvalue weighted by molar-refractivity contribution is -0.0224. The van der Waals surface area contributed by atoms with Crippen LogP contribution in [-0.4, -0.2) is 33.5 Å². The van der Waals surface area contributed by atoms with E-state index in [1.807, 2.05) is 0 Å². The van der Waals surface area contributed by atoms with Crippen LogP contribution in [0.2, 0.25) is 5.02 Å². The average molecular weight is 435 g/mol. The summed E-state index contributed by atoms with van der Waals surface area (Å²) in [4.78, 5) is 27.5. The predicted molar refractivity (Wildman–Crippen MR) is 108 cm³/mol. The molecule has 30 heavy (non-hydrogen) atoms. The van der Waals surface area contributed by atoms with Gasteiger partial charge in [0.05, 0.1) is 33.5 Å². The maximum absolute atomic E-state index is 14.1. The van der Waals surface area contributed by atoms with E-state index >= 15 is 0 Å². The highest BCUT2D eigenvalue weighted by atomic mass is 35.5. The van der Waals surface area contributed by atoms with Crippen LogP contribution in [0.1, 0.15) is 53.0 Å². The summed E-state index contributed by atoms with van der Waals surface area (Å²) in [6.07, 6.45) is 1.88. The van der Waals surface area contributed by atoms with Crippen LogP contribution in [0.25, 0.3) is 0 Å². The number of halogens is 3. The van der Waals surface area contributed by atoms with Crippen molar-refractivity contribution < 1.29 is 23.5 Å². The van der Waals surface area contributed by atoms with E-state index in [2.05, 4.69) is 5.32 Å². The first-order valence-electron chi connectivity index (χ1n) is 9.69. The smallest absolute Gasteiger partial charge is 0.260 e. The zero-order valence-electron chi connectivity index (χ0n) is 16.5. The second kappa shape index (κ2) is 7.32. The number of rotatable bonds is 5. The molecular weight excluding hydrogens is 414 g/mol. The van der Waals surface area contributed by atoms with Gasteiger partial charge in [-0.3, -0.25) is 9.59 Å². The van der Waals surface area contributed by atoms with Crippen LogP contribution in [0.5, 0.6) is 0 Å².